The number of nitrogen functional groups attached to an aromatic ring is 1. The Kier molecular flexibility index (Phi) is 3.40. The average Bonchev–Trinajstić information content (AvgIpc) is 2.64. The minimum atomic E-state index is -0.687. The molecule has 0 amide bonds. The van der Waals surface area contributed by atoms with Crippen molar-refractivity contribution in [1.29, 1.82) is 0 Å². The molecule has 3 N–H and O–H groups in total. The molecule has 0 saturated carbocycles. The van der Waals surface area contributed by atoms with E-state index in [1.807, 2.05) is 0 Å². The largest absolute Gasteiger partial charge is 0.481 e. The highest BCUT2D eigenvalue weighted by molar-refractivity contribution is 7.15. The van der Waals surface area contributed by atoms with Crippen LogP contribution in [0.3, 0.4) is 0 Å². The van der Waals surface area contributed by atoms with E-state index in [1.54, 1.807) is 6.20 Å². The molecule has 88 valence electrons. The van der Waals surface area contributed by atoms with Crippen LogP contribution in [0.15, 0.2) is 6.20 Å². The zero-order chi connectivity index (χ0) is 11.5. The quantitative estimate of drug-likeness (QED) is 0.826. The summed E-state index contributed by atoms with van der Waals surface area (Å²) in [5.41, 5.74) is 5.55. The van der Waals surface area contributed by atoms with Crippen molar-refractivity contribution in [3.8, 4) is 0 Å². The molecule has 1 aliphatic heterocycles. The third-order valence-electron chi connectivity index (χ3n) is 2.81. The highest BCUT2D eigenvalue weighted by atomic mass is 32.1. The second-order valence-electron chi connectivity index (χ2n) is 4.08. The third-order valence-corrected chi connectivity index (χ3v) is 3.62. The molecule has 1 fully saturated rings. The van der Waals surface area contributed by atoms with E-state index in [0.29, 0.717) is 11.7 Å². The molecule has 5 nitrogen and oxygen atoms in total. The molecule has 16 heavy (non-hydrogen) atoms. The van der Waals surface area contributed by atoms with Gasteiger partial charge < -0.3 is 10.8 Å². The lowest BCUT2D eigenvalue weighted by Crippen LogP contribution is -2.37. The smallest absolute Gasteiger partial charge is 0.307 e. The Balaban J connectivity index is 1.92. The van der Waals surface area contributed by atoms with E-state index < -0.39 is 5.97 Å². The molecule has 1 atom stereocenters. The van der Waals surface area contributed by atoms with Gasteiger partial charge in [-0.3, -0.25) is 9.69 Å². The molecule has 0 spiro atoms. The maximum atomic E-state index is 10.9. The first-order valence-electron chi connectivity index (χ1n) is 5.30. The van der Waals surface area contributed by atoms with Gasteiger partial charge in [0.2, 0.25) is 0 Å². The first-order valence-corrected chi connectivity index (χ1v) is 6.12. The van der Waals surface area contributed by atoms with Crippen LogP contribution in [0.1, 0.15) is 17.7 Å². The Hall–Kier alpha value is -1.14. The molecule has 0 aliphatic carbocycles. The van der Waals surface area contributed by atoms with Crippen LogP contribution >= 0.6 is 11.3 Å². The zero-order valence-corrected chi connectivity index (χ0v) is 9.74. The number of aliphatic carboxylic acids is 1. The van der Waals surface area contributed by atoms with E-state index in [-0.39, 0.29) is 5.92 Å². The number of rotatable bonds is 3. The van der Waals surface area contributed by atoms with Crippen LogP contribution < -0.4 is 5.73 Å². The van der Waals surface area contributed by atoms with Gasteiger partial charge in [-0.2, -0.15) is 0 Å². The maximum absolute atomic E-state index is 10.9. The van der Waals surface area contributed by atoms with E-state index in [1.165, 1.54) is 11.3 Å². The first kappa shape index (κ1) is 11.3. The molecule has 2 rings (SSSR count). The first-order chi connectivity index (χ1) is 7.65. The highest BCUT2D eigenvalue weighted by Gasteiger charge is 2.25. The van der Waals surface area contributed by atoms with Crippen molar-refractivity contribution in [1.82, 2.24) is 9.88 Å². The number of carboxylic acids is 1. The molecule has 2 heterocycles. The lowest BCUT2D eigenvalue weighted by atomic mass is 9.98. The lowest BCUT2D eigenvalue weighted by molar-refractivity contribution is -0.143. The van der Waals surface area contributed by atoms with Crippen LogP contribution in [-0.2, 0) is 11.3 Å². The summed E-state index contributed by atoms with van der Waals surface area (Å²) >= 11 is 1.47. The van der Waals surface area contributed by atoms with Crippen molar-refractivity contribution < 1.29 is 9.90 Å². The molecule has 0 radical (unpaired) electrons. The predicted octanol–water partition coefficient (Wildman–Crippen LogP) is 1.02. The van der Waals surface area contributed by atoms with Crippen molar-refractivity contribution >= 4 is 22.4 Å². The van der Waals surface area contributed by atoms with Crippen LogP contribution in [0.25, 0.3) is 0 Å². The molecule has 0 aromatic carbocycles. The highest BCUT2D eigenvalue weighted by Crippen LogP contribution is 2.21. The van der Waals surface area contributed by atoms with Crippen molar-refractivity contribution in [2.75, 3.05) is 18.8 Å². The Morgan fingerprint density at radius 1 is 1.75 bits per heavy atom. The summed E-state index contributed by atoms with van der Waals surface area (Å²) in [6.45, 7) is 2.35. The number of anilines is 1. The van der Waals surface area contributed by atoms with E-state index in [9.17, 15) is 4.79 Å². The SMILES string of the molecule is Nc1ncc(CN2CCCC(C(=O)O)C2)s1. The number of thiazole rings is 1. The fraction of sp³-hybridized carbons (Fsp3) is 0.600. The molecule has 6 heteroatoms. The van der Waals surface area contributed by atoms with Gasteiger partial charge in [0.05, 0.1) is 5.92 Å². The van der Waals surface area contributed by atoms with Gasteiger partial charge in [0.15, 0.2) is 5.13 Å². The minimum absolute atomic E-state index is 0.223. The molecule has 1 unspecified atom stereocenters. The van der Waals surface area contributed by atoms with Gasteiger partial charge in [-0.25, -0.2) is 4.98 Å². The summed E-state index contributed by atoms with van der Waals surface area (Å²) in [5, 5.41) is 9.54. The van der Waals surface area contributed by atoms with Crippen LogP contribution in [-0.4, -0.2) is 34.0 Å². The number of carboxylic acid groups (broad SMARTS) is 1. The topological polar surface area (TPSA) is 79.5 Å². The van der Waals surface area contributed by atoms with Crippen molar-refractivity contribution in [2.24, 2.45) is 5.92 Å². The van der Waals surface area contributed by atoms with Crippen molar-refractivity contribution in [3.05, 3.63) is 11.1 Å². The summed E-state index contributed by atoms with van der Waals surface area (Å²) in [6.07, 6.45) is 3.51. The maximum Gasteiger partial charge on any atom is 0.307 e. The van der Waals surface area contributed by atoms with E-state index in [0.717, 1.165) is 30.8 Å². The predicted molar refractivity (Wildman–Crippen MR) is 62.2 cm³/mol. The molecule has 1 aliphatic rings. The summed E-state index contributed by atoms with van der Waals surface area (Å²) < 4.78 is 0. The van der Waals surface area contributed by atoms with E-state index >= 15 is 0 Å². The normalized spacial score (nSPS) is 22.1. The summed E-state index contributed by atoms with van der Waals surface area (Å²) in [7, 11) is 0. The number of carbonyl (C=O) groups is 1. The van der Waals surface area contributed by atoms with Crippen molar-refractivity contribution in [2.45, 2.75) is 19.4 Å². The standard InChI is InChI=1S/C10H15N3O2S/c11-10-12-4-8(16-10)6-13-3-1-2-7(5-13)9(14)15/h4,7H,1-3,5-6H2,(H2,11,12)(H,14,15). The molecular formula is C10H15N3O2S. The second-order valence-corrected chi connectivity index (χ2v) is 5.22. The Bertz CT molecular complexity index is 380. The van der Waals surface area contributed by atoms with Crippen LogP contribution in [0.2, 0.25) is 0 Å². The van der Waals surface area contributed by atoms with Crippen LogP contribution in [0.5, 0.6) is 0 Å². The Labute approximate surface area is 97.9 Å². The molecule has 1 aromatic heterocycles. The lowest BCUT2D eigenvalue weighted by Gasteiger charge is -2.29. The van der Waals surface area contributed by atoms with Crippen LogP contribution in [0.4, 0.5) is 5.13 Å². The number of hydrogen-bond acceptors (Lipinski definition) is 5. The van der Waals surface area contributed by atoms with E-state index in [2.05, 4.69) is 9.88 Å². The van der Waals surface area contributed by atoms with Gasteiger partial charge >= 0.3 is 5.97 Å². The van der Waals surface area contributed by atoms with Crippen LogP contribution in [0, 0.1) is 5.92 Å². The number of hydrogen-bond donors (Lipinski definition) is 2. The van der Waals surface area contributed by atoms with Gasteiger partial charge in [0.25, 0.3) is 0 Å². The number of nitrogens with two attached hydrogens (primary N) is 1. The van der Waals surface area contributed by atoms with E-state index in [4.69, 9.17) is 10.8 Å². The molecule has 1 aromatic rings. The minimum Gasteiger partial charge on any atom is -0.481 e. The summed E-state index contributed by atoms with van der Waals surface area (Å²) in [4.78, 5) is 18.2. The summed E-state index contributed by atoms with van der Waals surface area (Å²) in [6, 6.07) is 0. The summed E-state index contributed by atoms with van der Waals surface area (Å²) in [5.74, 6) is -0.910. The Morgan fingerprint density at radius 2 is 2.56 bits per heavy atom. The number of aromatic nitrogens is 1. The second kappa shape index (κ2) is 4.80. The zero-order valence-electron chi connectivity index (χ0n) is 8.93. The van der Waals surface area contributed by atoms with Gasteiger partial charge in [-0.05, 0) is 19.4 Å². The Morgan fingerprint density at radius 3 is 3.19 bits per heavy atom. The molecule has 1 saturated heterocycles. The number of likely N-dealkylation sites (tertiary alicyclic amines) is 1. The average molecular weight is 241 g/mol. The molecular weight excluding hydrogens is 226 g/mol. The number of nitrogens with zero attached hydrogens (tertiary/aromatic N) is 2. The monoisotopic (exact) mass is 241 g/mol. The number of piperidine rings is 1. The van der Waals surface area contributed by atoms with Gasteiger partial charge in [0, 0.05) is 24.2 Å². The van der Waals surface area contributed by atoms with Gasteiger partial charge in [-0.1, -0.05) is 0 Å². The van der Waals surface area contributed by atoms with Crippen molar-refractivity contribution in [3.63, 3.8) is 0 Å². The fourth-order valence-electron chi connectivity index (χ4n) is 2.02. The van der Waals surface area contributed by atoms with Gasteiger partial charge in [-0.15, -0.1) is 11.3 Å². The molecule has 0 bridgehead atoms. The van der Waals surface area contributed by atoms with Gasteiger partial charge in [0.1, 0.15) is 0 Å². The fourth-order valence-corrected chi connectivity index (χ4v) is 2.74. The third kappa shape index (κ3) is 2.70.